The van der Waals surface area contributed by atoms with Gasteiger partial charge in [0.1, 0.15) is 0 Å². The molecule has 0 N–H and O–H groups in total. The highest BCUT2D eigenvalue weighted by atomic mass is 14.0. The van der Waals surface area contributed by atoms with Gasteiger partial charge in [-0.1, -0.05) is 54.2 Å². The monoisotopic (exact) mass is 172 g/mol. The molecule has 13 heavy (non-hydrogen) atoms. The average molecular weight is 172 g/mol. The van der Waals surface area contributed by atoms with Crippen molar-refractivity contribution in [3.63, 3.8) is 0 Å². The summed E-state index contributed by atoms with van der Waals surface area (Å²) in [5.41, 5.74) is 2.83. The van der Waals surface area contributed by atoms with Crippen LogP contribution in [0, 0.1) is 0 Å². The molecule has 0 saturated heterocycles. The topological polar surface area (TPSA) is 0 Å². The SMILES string of the molecule is CC=CC=C/C=C/C1=CC=C(C)C1. The van der Waals surface area contributed by atoms with Crippen LogP contribution in [0.4, 0.5) is 0 Å². The van der Waals surface area contributed by atoms with E-state index in [0.29, 0.717) is 0 Å². The molecule has 0 saturated carbocycles. The van der Waals surface area contributed by atoms with Gasteiger partial charge in [-0.3, -0.25) is 0 Å². The summed E-state index contributed by atoms with van der Waals surface area (Å²) in [6.45, 7) is 4.17. The van der Waals surface area contributed by atoms with Crippen molar-refractivity contribution in [1.29, 1.82) is 0 Å². The normalized spacial score (nSPS) is 17.7. The lowest BCUT2D eigenvalue weighted by atomic mass is 10.1. The Morgan fingerprint density at radius 3 is 2.46 bits per heavy atom. The molecular formula is C13H16. The van der Waals surface area contributed by atoms with Crippen LogP contribution in [0.15, 0.2) is 59.8 Å². The summed E-state index contributed by atoms with van der Waals surface area (Å²) in [6, 6.07) is 0. The average Bonchev–Trinajstić information content (AvgIpc) is 2.51. The van der Waals surface area contributed by atoms with Gasteiger partial charge in [0.15, 0.2) is 0 Å². The molecule has 0 nitrogen and oxygen atoms in total. The molecule has 0 heteroatoms. The van der Waals surface area contributed by atoms with Crippen LogP contribution in [0.1, 0.15) is 20.3 Å². The Morgan fingerprint density at radius 2 is 1.85 bits per heavy atom. The lowest BCUT2D eigenvalue weighted by Gasteiger charge is -1.91. The van der Waals surface area contributed by atoms with Crippen molar-refractivity contribution in [1.82, 2.24) is 0 Å². The van der Waals surface area contributed by atoms with Crippen molar-refractivity contribution < 1.29 is 0 Å². The zero-order chi connectivity index (χ0) is 9.52. The molecule has 0 aromatic heterocycles. The summed E-state index contributed by atoms with van der Waals surface area (Å²) in [5.74, 6) is 0. The minimum Gasteiger partial charge on any atom is -0.0877 e. The molecule has 0 unspecified atom stereocenters. The fraction of sp³-hybridized carbons (Fsp3) is 0.231. The summed E-state index contributed by atoms with van der Waals surface area (Å²) < 4.78 is 0. The summed E-state index contributed by atoms with van der Waals surface area (Å²) in [5, 5.41) is 0. The van der Waals surface area contributed by atoms with Gasteiger partial charge in [-0.15, -0.1) is 0 Å². The Hall–Kier alpha value is -1.30. The van der Waals surface area contributed by atoms with Gasteiger partial charge in [0.25, 0.3) is 0 Å². The van der Waals surface area contributed by atoms with Crippen LogP contribution in [0.2, 0.25) is 0 Å². The van der Waals surface area contributed by atoms with E-state index in [1.165, 1.54) is 11.1 Å². The van der Waals surface area contributed by atoms with E-state index < -0.39 is 0 Å². The molecule has 0 heterocycles. The first kappa shape index (κ1) is 9.79. The van der Waals surface area contributed by atoms with Crippen molar-refractivity contribution in [3.05, 3.63) is 59.8 Å². The Bertz CT molecular complexity index is 296. The van der Waals surface area contributed by atoms with Gasteiger partial charge < -0.3 is 0 Å². The second-order valence-electron chi connectivity index (χ2n) is 3.20. The van der Waals surface area contributed by atoms with Crippen LogP contribution < -0.4 is 0 Å². The molecule has 68 valence electrons. The third-order valence-corrected chi connectivity index (χ3v) is 1.90. The van der Waals surface area contributed by atoms with E-state index in [1.54, 1.807) is 0 Å². The third-order valence-electron chi connectivity index (χ3n) is 1.90. The van der Waals surface area contributed by atoms with E-state index >= 15 is 0 Å². The quantitative estimate of drug-likeness (QED) is 0.565. The van der Waals surface area contributed by atoms with Gasteiger partial charge in [-0.2, -0.15) is 0 Å². The third kappa shape index (κ3) is 3.75. The Kier molecular flexibility index (Phi) is 4.04. The molecule has 0 aromatic carbocycles. The maximum Gasteiger partial charge on any atom is -0.00668 e. The van der Waals surface area contributed by atoms with Gasteiger partial charge in [0.2, 0.25) is 0 Å². The first-order chi connectivity index (χ1) is 6.33. The zero-order valence-corrected chi connectivity index (χ0v) is 8.33. The second kappa shape index (κ2) is 5.36. The fourth-order valence-corrected chi connectivity index (χ4v) is 1.22. The van der Waals surface area contributed by atoms with Crippen LogP contribution >= 0.6 is 0 Å². The molecule has 0 atom stereocenters. The minimum absolute atomic E-state index is 1.11. The molecule has 1 rings (SSSR count). The second-order valence-corrected chi connectivity index (χ2v) is 3.20. The predicted molar refractivity (Wildman–Crippen MR) is 59.6 cm³/mol. The predicted octanol–water partition coefficient (Wildman–Crippen LogP) is 3.95. The van der Waals surface area contributed by atoms with Crippen LogP contribution in [0.25, 0.3) is 0 Å². The number of rotatable bonds is 3. The highest BCUT2D eigenvalue weighted by Crippen LogP contribution is 2.18. The van der Waals surface area contributed by atoms with E-state index in [2.05, 4.69) is 37.3 Å². The largest absolute Gasteiger partial charge is 0.0877 e. The van der Waals surface area contributed by atoms with Gasteiger partial charge in [0.05, 0.1) is 0 Å². The van der Waals surface area contributed by atoms with E-state index in [4.69, 9.17) is 0 Å². The molecule has 0 amide bonds. The van der Waals surface area contributed by atoms with Crippen molar-refractivity contribution >= 4 is 0 Å². The van der Waals surface area contributed by atoms with E-state index in [0.717, 1.165) is 6.42 Å². The standard InChI is InChI=1S/C13H16/c1-3-4-5-6-7-8-13-10-9-12(2)11-13/h3-10H,11H2,1-2H3/b4-3?,6-5?,8-7+. The van der Waals surface area contributed by atoms with Crippen molar-refractivity contribution in [2.75, 3.05) is 0 Å². The Labute approximate surface area is 80.7 Å². The zero-order valence-electron chi connectivity index (χ0n) is 8.33. The van der Waals surface area contributed by atoms with Gasteiger partial charge in [0, 0.05) is 0 Å². The Balaban J connectivity index is 2.34. The number of allylic oxidation sites excluding steroid dienone is 10. The van der Waals surface area contributed by atoms with Crippen molar-refractivity contribution in [3.8, 4) is 0 Å². The number of hydrogen-bond donors (Lipinski definition) is 0. The Morgan fingerprint density at radius 1 is 1.08 bits per heavy atom. The molecular weight excluding hydrogens is 156 g/mol. The van der Waals surface area contributed by atoms with Gasteiger partial charge in [-0.25, -0.2) is 0 Å². The van der Waals surface area contributed by atoms with E-state index in [1.807, 2.05) is 25.2 Å². The van der Waals surface area contributed by atoms with Gasteiger partial charge >= 0.3 is 0 Å². The highest BCUT2D eigenvalue weighted by molar-refractivity contribution is 5.37. The lowest BCUT2D eigenvalue weighted by molar-refractivity contribution is 1.19. The summed E-state index contributed by atoms with van der Waals surface area (Å²) in [4.78, 5) is 0. The van der Waals surface area contributed by atoms with Crippen LogP contribution in [0.3, 0.4) is 0 Å². The van der Waals surface area contributed by atoms with Crippen LogP contribution in [-0.2, 0) is 0 Å². The van der Waals surface area contributed by atoms with Crippen LogP contribution in [0.5, 0.6) is 0 Å². The summed E-state index contributed by atoms with van der Waals surface area (Å²) in [6.07, 6.45) is 17.8. The molecule has 0 spiro atoms. The van der Waals surface area contributed by atoms with Crippen LogP contribution in [-0.4, -0.2) is 0 Å². The van der Waals surface area contributed by atoms with Crippen molar-refractivity contribution in [2.45, 2.75) is 20.3 Å². The van der Waals surface area contributed by atoms with Gasteiger partial charge in [-0.05, 0) is 25.8 Å². The maximum absolute atomic E-state index is 2.18. The fourth-order valence-electron chi connectivity index (χ4n) is 1.22. The smallest absolute Gasteiger partial charge is 0.00668 e. The molecule has 1 aliphatic carbocycles. The summed E-state index contributed by atoms with van der Waals surface area (Å²) >= 11 is 0. The minimum atomic E-state index is 1.11. The maximum atomic E-state index is 2.18. The first-order valence-electron chi connectivity index (χ1n) is 4.65. The lowest BCUT2D eigenvalue weighted by Crippen LogP contribution is -1.72. The van der Waals surface area contributed by atoms with E-state index in [-0.39, 0.29) is 0 Å². The highest BCUT2D eigenvalue weighted by Gasteiger charge is 1.98. The summed E-state index contributed by atoms with van der Waals surface area (Å²) in [7, 11) is 0. The molecule has 0 aliphatic heterocycles. The first-order valence-corrected chi connectivity index (χ1v) is 4.65. The number of hydrogen-bond acceptors (Lipinski definition) is 0. The van der Waals surface area contributed by atoms with Crippen molar-refractivity contribution in [2.24, 2.45) is 0 Å². The van der Waals surface area contributed by atoms with E-state index in [9.17, 15) is 0 Å². The molecule has 0 radical (unpaired) electrons. The molecule has 0 bridgehead atoms. The molecule has 0 fully saturated rings. The molecule has 0 aromatic rings. The molecule has 1 aliphatic rings.